The third-order valence-corrected chi connectivity index (χ3v) is 2.90. The van der Waals surface area contributed by atoms with Crippen molar-refractivity contribution in [2.45, 2.75) is 25.4 Å². The number of amides is 2. The SMILES string of the molecule is O=C(O)CN(CC(F)(F)F)C(=O)NCC1CC=CCC1. The van der Waals surface area contributed by atoms with E-state index in [1.54, 1.807) is 0 Å². The first-order valence-electron chi connectivity index (χ1n) is 6.24. The van der Waals surface area contributed by atoms with Gasteiger partial charge in [-0.1, -0.05) is 12.2 Å². The number of urea groups is 1. The molecule has 114 valence electrons. The fraction of sp³-hybridized carbons (Fsp3) is 0.667. The van der Waals surface area contributed by atoms with Gasteiger partial charge in [-0.3, -0.25) is 4.79 Å². The summed E-state index contributed by atoms with van der Waals surface area (Å²) in [7, 11) is 0. The Balaban J connectivity index is 2.49. The van der Waals surface area contributed by atoms with E-state index in [4.69, 9.17) is 5.11 Å². The summed E-state index contributed by atoms with van der Waals surface area (Å²) >= 11 is 0. The quantitative estimate of drug-likeness (QED) is 0.762. The fourth-order valence-corrected chi connectivity index (χ4v) is 1.96. The first kappa shape index (κ1) is 16.3. The van der Waals surface area contributed by atoms with Crippen molar-refractivity contribution >= 4 is 12.0 Å². The van der Waals surface area contributed by atoms with Crippen LogP contribution in [0, 0.1) is 5.92 Å². The predicted octanol–water partition coefficient (Wildman–Crippen LogP) is 2.00. The summed E-state index contributed by atoms with van der Waals surface area (Å²) in [6.07, 6.45) is 1.85. The van der Waals surface area contributed by atoms with Gasteiger partial charge in [0.15, 0.2) is 0 Å². The van der Waals surface area contributed by atoms with Crippen LogP contribution < -0.4 is 5.32 Å². The number of carbonyl (C=O) groups excluding carboxylic acids is 1. The molecule has 0 saturated heterocycles. The van der Waals surface area contributed by atoms with E-state index in [9.17, 15) is 22.8 Å². The van der Waals surface area contributed by atoms with Gasteiger partial charge in [-0.05, 0) is 25.2 Å². The van der Waals surface area contributed by atoms with E-state index in [-0.39, 0.29) is 17.4 Å². The lowest BCUT2D eigenvalue weighted by atomic mass is 9.94. The topological polar surface area (TPSA) is 69.6 Å². The number of aliphatic carboxylic acids is 1. The Hall–Kier alpha value is -1.73. The molecular formula is C12H17F3N2O3. The monoisotopic (exact) mass is 294 g/mol. The molecule has 1 unspecified atom stereocenters. The Morgan fingerprint density at radius 1 is 1.35 bits per heavy atom. The number of alkyl halides is 3. The third-order valence-electron chi connectivity index (χ3n) is 2.90. The molecule has 0 aromatic rings. The van der Waals surface area contributed by atoms with Crippen LogP contribution in [0.1, 0.15) is 19.3 Å². The van der Waals surface area contributed by atoms with E-state index in [1.165, 1.54) is 0 Å². The number of rotatable bonds is 5. The van der Waals surface area contributed by atoms with Gasteiger partial charge >= 0.3 is 18.2 Å². The molecule has 0 aromatic carbocycles. The van der Waals surface area contributed by atoms with Crippen LogP contribution in [-0.4, -0.2) is 47.8 Å². The molecule has 2 amide bonds. The molecule has 0 fully saturated rings. The Bertz CT molecular complexity index is 383. The van der Waals surface area contributed by atoms with E-state index in [0.717, 1.165) is 19.3 Å². The molecular weight excluding hydrogens is 277 g/mol. The highest BCUT2D eigenvalue weighted by Crippen LogP contribution is 2.18. The first-order valence-corrected chi connectivity index (χ1v) is 6.24. The van der Waals surface area contributed by atoms with Crippen molar-refractivity contribution in [2.24, 2.45) is 5.92 Å². The van der Waals surface area contributed by atoms with Crippen LogP contribution in [0.25, 0.3) is 0 Å². The Morgan fingerprint density at radius 2 is 2.05 bits per heavy atom. The zero-order chi connectivity index (χ0) is 15.2. The van der Waals surface area contributed by atoms with E-state index in [0.29, 0.717) is 0 Å². The van der Waals surface area contributed by atoms with Crippen LogP contribution in [0.4, 0.5) is 18.0 Å². The van der Waals surface area contributed by atoms with Gasteiger partial charge in [0, 0.05) is 6.54 Å². The lowest BCUT2D eigenvalue weighted by Gasteiger charge is -2.24. The standard InChI is InChI=1S/C12H17F3N2O3/c13-12(14,15)8-17(7-10(18)19)11(20)16-6-9-4-2-1-3-5-9/h1-2,9H,3-8H2,(H,16,20)(H,18,19). The van der Waals surface area contributed by atoms with Crippen molar-refractivity contribution in [3.05, 3.63) is 12.2 Å². The number of nitrogens with zero attached hydrogens (tertiary/aromatic N) is 1. The van der Waals surface area contributed by atoms with E-state index < -0.39 is 31.3 Å². The van der Waals surface area contributed by atoms with Crippen molar-refractivity contribution in [2.75, 3.05) is 19.6 Å². The maximum Gasteiger partial charge on any atom is 0.406 e. The summed E-state index contributed by atoms with van der Waals surface area (Å²) in [5, 5.41) is 10.9. The second-order valence-electron chi connectivity index (χ2n) is 4.70. The number of nitrogens with one attached hydrogen (secondary N) is 1. The molecule has 5 nitrogen and oxygen atoms in total. The molecule has 0 heterocycles. The summed E-state index contributed by atoms with van der Waals surface area (Å²) in [5.41, 5.74) is 0. The Kier molecular flexibility index (Phi) is 5.84. The third kappa shape index (κ3) is 6.44. The Labute approximate surface area is 114 Å². The van der Waals surface area contributed by atoms with Gasteiger partial charge in [0.1, 0.15) is 13.1 Å². The minimum Gasteiger partial charge on any atom is -0.480 e. The van der Waals surface area contributed by atoms with Gasteiger partial charge < -0.3 is 15.3 Å². The van der Waals surface area contributed by atoms with Gasteiger partial charge in [-0.25, -0.2) is 4.79 Å². The number of carboxylic acids is 1. The number of halogens is 3. The summed E-state index contributed by atoms with van der Waals surface area (Å²) in [6, 6.07) is -1.00. The second-order valence-corrected chi connectivity index (χ2v) is 4.70. The average Bonchev–Trinajstić information content (AvgIpc) is 2.34. The molecule has 1 rings (SSSR count). The molecule has 8 heteroatoms. The molecule has 20 heavy (non-hydrogen) atoms. The van der Waals surface area contributed by atoms with Crippen molar-refractivity contribution in [3.63, 3.8) is 0 Å². The Morgan fingerprint density at radius 3 is 2.55 bits per heavy atom. The van der Waals surface area contributed by atoms with Crippen LogP contribution in [0.5, 0.6) is 0 Å². The molecule has 0 bridgehead atoms. The minimum absolute atomic E-state index is 0.182. The second kappa shape index (κ2) is 7.16. The maximum atomic E-state index is 12.3. The molecule has 0 saturated carbocycles. The molecule has 0 aliphatic heterocycles. The van der Waals surface area contributed by atoms with Crippen LogP contribution in [0.2, 0.25) is 0 Å². The van der Waals surface area contributed by atoms with E-state index >= 15 is 0 Å². The molecule has 1 aliphatic rings. The molecule has 0 spiro atoms. The van der Waals surface area contributed by atoms with Gasteiger partial charge in [0.25, 0.3) is 0 Å². The number of hydrogen-bond acceptors (Lipinski definition) is 2. The van der Waals surface area contributed by atoms with E-state index in [2.05, 4.69) is 5.32 Å². The number of carbonyl (C=O) groups is 2. The lowest BCUT2D eigenvalue weighted by Crippen LogP contribution is -2.48. The average molecular weight is 294 g/mol. The first-order chi connectivity index (χ1) is 9.28. The highest BCUT2D eigenvalue weighted by atomic mass is 19.4. The number of allylic oxidation sites excluding steroid dienone is 2. The summed E-state index contributed by atoms with van der Waals surface area (Å²) in [4.78, 5) is 22.4. The lowest BCUT2D eigenvalue weighted by molar-refractivity contribution is -0.148. The van der Waals surface area contributed by atoms with Gasteiger partial charge in [-0.15, -0.1) is 0 Å². The molecule has 1 aliphatic carbocycles. The number of hydrogen-bond donors (Lipinski definition) is 2. The maximum absolute atomic E-state index is 12.3. The summed E-state index contributed by atoms with van der Waals surface area (Å²) in [5.74, 6) is -1.30. The van der Waals surface area contributed by atoms with Crippen LogP contribution in [0.3, 0.4) is 0 Å². The molecule has 0 radical (unpaired) electrons. The number of carboxylic acid groups (broad SMARTS) is 1. The zero-order valence-electron chi connectivity index (χ0n) is 10.8. The molecule has 2 N–H and O–H groups in total. The largest absolute Gasteiger partial charge is 0.480 e. The summed E-state index contributed by atoms with van der Waals surface area (Å²) < 4.78 is 36.9. The van der Waals surface area contributed by atoms with Crippen LogP contribution in [-0.2, 0) is 4.79 Å². The van der Waals surface area contributed by atoms with Crippen LogP contribution in [0.15, 0.2) is 12.2 Å². The predicted molar refractivity (Wildman–Crippen MR) is 65.1 cm³/mol. The molecule has 0 aromatic heterocycles. The fourth-order valence-electron chi connectivity index (χ4n) is 1.96. The van der Waals surface area contributed by atoms with Crippen molar-refractivity contribution < 1.29 is 27.9 Å². The molecule has 1 atom stereocenters. The minimum atomic E-state index is -4.62. The van der Waals surface area contributed by atoms with Crippen molar-refractivity contribution in [3.8, 4) is 0 Å². The smallest absolute Gasteiger partial charge is 0.406 e. The van der Waals surface area contributed by atoms with Crippen LogP contribution >= 0.6 is 0 Å². The van der Waals surface area contributed by atoms with Gasteiger partial charge in [0.05, 0.1) is 0 Å². The highest BCUT2D eigenvalue weighted by Gasteiger charge is 2.34. The van der Waals surface area contributed by atoms with Crippen molar-refractivity contribution in [1.29, 1.82) is 0 Å². The van der Waals surface area contributed by atoms with Gasteiger partial charge in [-0.2, -0.15) is 13.2 Å². The van der Waals surface area contributed by atoms with Crippen molar-refractivity contribution in [1.82, 2.24) is 10.2 Å². The summed E-state index contributed by atoms with van der Waals surface area (Å²) in [6.45, 7) is -2.30. The highest BCUT2D eigenvalue weighted by molar-refractivity contribution is 5.80. The normalized spacial score (nSPS) is 18.6. The van der Waals surface area contributed by atoms with Gasteiger partial charge in [0.2, 0.25) is 0 Å². The van der Waals surface area contributed by atoms with E-state index in [1.807, 2.05) is 12.2 Å². The zero-order valence-corrected chi connectivity index (χ0v) is 10.8.